The molecule has 0 saturated heterocycles. The predicted octanol–water partition coefficient (Wildman–Crippen LogP) is 2.98. The van der Waals surface area contributed by atoms with Gasteiger partial charge in [-0.25, -0.2) is 8.42 Å². The molecule has 1 rings (SSSR count). The SMILES string of the molecule is Cc1c(Br)cc(S(=O)(=O)Cl)nc1OC(F)(F)F. The van der Waals surface area contributed by atoms with E-state index in [9.17, 15) is 21.6 Å². The molecular formula is C7H4BrClF3NO3S. The summed E-state index contributed by atoms with van der Waals surface area (Å²) in [6.45, 7) is 1.28. The van der Waals surface area contributed by atoms with Gasteiger partial charge < -0.3 is 4.74 Å². The van der Waals surface area contributed by atoms with Crippen molar-refractivity contribution in [2.45, 2.75) is 18.3 Å². The van der Waals surface area contributed by atoms with E-state index in [1.807, 2.05) is 0 Å². The van der Waals surface area contributed by atoms with Crippen LogP contribution in [0.25, 0.3) is 0 Å². The number of rotatable bonds is 2. The molecule has 0 aliphatic rings. The number of hydrogen-bond donors (Lipinski definition) is 0. The van der Waals surface area contributed by atoms with Crippen LogP contribution in [0.3, 0.4) is 0 Å². The number of pyridine rings is 1. The maximum atomic E-state index is 12.0. The van der Waals surface area contributed by atoms with Gasteiger partial charge in [0.05, 0.1) is 0 Å². The fourth-order valence-electron chi connectivity index (χ4n) is 0.869. The summed E-state index contributed by atoms with van der Waals surface area (Å²) < 4.78 is 61.7. The zero-order valence-electron chi connectivity index (χ0n) is 8.05. The Morgan fingerprint density at radius 3 is 2.41 bits per heavy atom. The Hall–Kier alpha value is -0.540. The maximum Gasteiger partial charge on any atom is 0.574 e. The van der Waals surface area contributed by atoms with Crippen molar-refractivity contribution >= 4 is 35.7 Å². The van der Waals surface area contributed by atoms with Crippen LogP contribution in [0.2, 0.25) is 0 Å². The van der Waals surface area contributed by atoms with Crippen molar-refractivity contribution in [3.8, 4) is 5.88 Å². The minimum atomic E-state index is -4.97. The van der Waals surface area contributed by atoms with E-state index in [1.54, 1.807) is 0 Å². The van der Waals surface area contributed by atoms with Crippen molar-refractivity contribution in [3.63, 3.8) is 0 Å². The molecule has 0 radical (unpaired) electrons. The number of ether oxygens (including phenoxy) is 1. The first-order valence-corrected chi connectivity index (χ1v) is 6.98. The minimum Gasteiger partial charge on any atom is -0.388 e. The van der Waals surface area contributed by atoms with Crippen LogP contribution in [0.4, 0.5) is 13.2 Å². The lowest BCUT2D eigenvalue weighted by atomic mass is 10.3. The normalized spacial score (nSPS) is 12.6. The molecular weight excluding hydrogens is 350 g/mol. The molecule has 0 unspecified atom stereocenters. The second-order valence-corrected chi connectivity index (χ2v) is 6.23. The smallest absolute Gasteiger partial charge is 0.388 e. The third-order valence-electron chi connectivity index (χ3n) is 1.60. The van der Waals surface area contributed by atoms with E-state index < -0.39 is 26.3 Å². The molecule has 0 aliphatic heterocycles. The first kappa shape index (κ1) is 14.5. The molecule has 0 aliphatic carbocycles. The highest BCUT2D eigenvalue weighted by molar-refractivity contribution is 9.10. The molecule has 10 heteroatoms. The predicted molar refractivity (Wildman–Crippen MR) is 56.4 cm³/mol. The van der Waals surface area contributed by atoms with Crippen molar-refractivity contribution < 1.29 is 26.3 Å². The summed E-state index contributed by atoms with van der Waals surface area (Å²) in [5.74, 6) is -0.869. The van der Waals surface area contributed by atoms with Gasteiger partial charge in [-0.2, -0.15) is 4.98 Å². The molecule has 0 aromatic carbocycles. The number of halogens is 5. The van der Waals surface area contributed by atoms with Gasteiger partial charge in [0.25, 0.3) is 9.05 Å². The molecule has 0 amide bonds. The average molecular weight is 355 g/mol. The Balaban J connectivity index is 3.36. The molecule has 1 aromatic heterocycles. The third kappa shape index (κ3) is 4.00. The highest BCUT2D eigenvalue weighted by atomic mass is 79.9. The Kier molecular flexibility index (Phi) is 3.94. The molecule has 17 heavy (non-hydrogen) atoms. The van der Waals surface area contributed by atoms with Gasteiger partial charge >= 0.3 is 6.36 Å². The van der Waals surface area contributed by atoms with Crippen LogP contribution in [0.1, 0.15) is 5.56 Å². The molecule has 0 atom stereocenters. The summed E-state index contributed by atoms with van der Waals surface area (Å²) in [7, 11) is 0.742. The van der Waals surface area contributed by atoms with E-state index in [0.717, 1.165) is 6.07 Å². The van der Waals surface area contributed by atoms with Crippen LogP contribution in [-0.2, 0) is 9.05 Å². The van der Waals surface area contributed by atoms with E-state index in [-0.39, 0.29) is 10.0 Å². The van der Waals surface area contributed by atoms with Crippen molar-refractivity contribution in [3.05, 3.63) is 16.1 Å². The second-order valence-electron chi connectivity index (χ2n) is 2.86. The lowest BCUT2D eigenvalue weighted by Gasteiger charge is -2.11. The summed E-state index contributed by atoms with van der Waals surface area (Å²) in [5, 5.41) is -0.726. The standard InChI is InChI=1S/C7H4BrClF3NO3S/c1-3-4(8)2-5(17(9,14)15)13-6(3)16-7(10,11)12/h2H,1H3. The summed E-state index contributed by atoms with van der Waals surface area (Å²) in [4.78, 5) is 3.20. The first-order chi connectivity index (χ1) is 7.50. The van der Waals surface area contributed by atoms with Gasteiger partial charge in [0, 0.05) is 20.7 Å². The van der Waals surface area contributed by atoms with Crippen LogP contribution in [0.5, 0.6) is 5.88 Å². The number of hydrogen-bond acceptors (Lipinski definition) is 4. The van der Waals surface area contributed by atoms with Gasteiger partial charge in [-0.1, -0.05) is 15.9 Å². The Morgan fingerprint density at radius 2 is 2.00 bits per heavy atom. The minimum absolute atomic E-state index is 0.00592. The van der Waals surface area contributed by atoms with Crippen LogP contribution in [-0.4, -0.2) is 19.8 Å². The molecule has 1 aromatic rings. The van der Waals surface area contributed by atoms with Gasteiger partial charge in [-0.05, 0) is 13.0 Å². The number of nitrogens with zero attached hydrogens (tertiary/aromatic N) is 1. The Bertz CT molecular complexity index is 546. The van der Waals surface area contributed by atoms with Crippen LogP contribution in [0, 0.1) is 6.92 Å². The first-order valence-electron chi connectivity index (χ1n) is 3.88. The van der Waals surface area contributed by atoms with Crippen LogP contribution < -0.4 is 4.74 Å². The van der Waals surface area contributed by atoms with Gasteiger partial charge in [0.15, 0.2) is 5.03 Å². The molecule has 0 bridgehead atoms. The lowest BCUT2D eigenvalue weighted by molar-refractivity contribution is -0.276. The molecule has 4 nitrogen and oxygen atoms in total. The van der Waals surface area contributed by atoms with Gasteiger partial charge in [0.2, 0.25) is 5.88 Å². The maximum absolute atomic E-state index is 12.0. The quantitative estimate of drug-likeness (QED) is 0.766. The summed E-state index contributed by atoms with van der Waals surface area (Å²) in [6.07, 6.45) is -4.97. The molecule has 1 heterocycles. The summed E-state index contributed by atoms with van der Waals surface area (Å²) in [6, 6.07) is 0.987. The van der Waals surface area contributed by atoms with E-state index in [2.05, 4.69) is 25.7 Å². The second kappa shape index (κ2) is 4.62. The van der Waals surface area contributed by atoms with E-state index in [1.165, 1.54) is 6.92 Å². The Labute approximate surface area is 107 Å². The largest absolute Gasteiger partial charge is 0.574 e. The van der Waals surface area contributed by atoms with Crippen molar-refractivity contribution in [1.29, 1.82) is 0 Å². The molecule has 0 saturated carbocycles. The van der Waals surface area contributed by atoms with E-state index in [4.69, 9.17) is 10.7 Å². The fourth-order valence-corrected chi connectivity index (χ4v) is 2.09. The summed E-state index contributed by atoms with van der Waals surface area (Å²) in [5.41, 5.74) is 0.00592. The van der Waals surface area contributed by atoms with E-state index in [0.29, 0.717) is 0 Å². The van der Waals surface area contributed by atoms with Gasteiger partial charge in [-0.15, -0.1) is 13.2 Å². The van der Waals surface area contributed by atoms with E-state index >= 15 is 0 Å². The van der Waals surface area contributed by atoms with Crippen molar-refractivity contribution in [2.24, 2.45) is 0 Å². The molecule has 0 spiro atoms. The Morgan fingerprint density at radius 1 is 1.47 bits per heavy atom. The van der Waals surface area contributed by atoms with Crippen LogP contribution >= 0.6 is 26.6 Å². The highest BCUT2D eigenvalue weighted by Gasteiger charge is 2.33. The molecule has 96 valence electrons. The summed E-state index contributed by atoms with van der Waals surface area (Å²) >= 11 is 2.89. The average Bonchev–Trinajstić information content (AvgIpc) is 2.08. The van der Waals surface area contributed by atoms with Crippen molar-refractivity contribution in [1.82, 2.24) is 4.98 Å². The zero-order valence-corrected chi connectivity index (χ0v) is 11.2. The number of alkyl halides is 3. The lowest BCUT2D eigenvalue weighted by Crippen LogP contribution is -2.19. The number of aromatic nitrogens is 1. The highest BCUT2D eigenvalue weighted by Crippen LogP contribution is 2.31. The third-order valence-corrected chi connectivity index (χ3v) is 3.61. The van der Waals surface area contributed by atoms with Crippen LogP contribution in [0.15, 0.2) is 15.6 Å². The molecule has 0 fully saturated rings. The van der Waals surface area contributed by atoms with Gasteiger partial charge in [0.1, 0.15) is 0 Å². The molecule has 0 N–H and O–H groups in total. The monoisotopic (exact) mass is 353 g/mol. The van der Waals surface area contributed by atoms with Crippen molar-refractivity contribution in [2.75, 3.05) is 0 Å². The zero-order chi connectivity index (χ0) is 13.4. The topological polar surface area (TPSA) is 56.3 Å². The fraction of sp³-hybridized carbons (Fsp3) is 0.286. The van der Waals surface area contributed by atoms with Gasteiger partial charge in [-0.3, -0.25) is 0 Å².